The van der Waals surface area contributed by atoms with E-state index in [9.17, 15) is 0 Å². The van der Waals surface area contributed by atoms with Crippen molar-refractivity contribution in [3.05, 3.63) is 48.0 Å². The summed E-state index contributed by atoms with van der Waals surface area (Å²) in [6.45, 7) is 8.46. The van der Waals surface area contributed by atoms with Crippen molar-refractivity contribution in [3.63, 3.8) is 0 Å². The van der Waals surface area contributed by atoms with Crippen LogP contribution in [0.2, 0.25) is 0 Å². The van der Waals surface area contributed by atoms with Crippen LogP contribution in [0.1, 0.15) is 116 Å². The maximum absolute atomic E-state index is 6.32. The van der Waals surface area contributed by atoms with Crippen molar-refractivity contribution < 1.29 is 18.9 Å². The Morgan fingerprint density at radius 2 is 1.45 bits per heavy atom. The van der Waals surface area contributed by atoms with Gasteiger partial charge in [0.15, 0.2) is 12.1 Å². The quantitative estimate of drug-likeness (QED) is 0.129. The molecule has 0 radical (unpaired) electrons. The first kappa shape index (κ1) is 31.3. The van der Waals surface area contributed by atoms with Crippen molar-refractivity contribution in [2.24, 2.45) is 0 Å². The summed E-state index contributed by atoms with van der Waals surface area (Å²) in [6, 6.07) is 10.3. The Morgan fingerprint density at radius 1 is 0.816 bits per heavy atom. The smallest absolute Gasteiger partial charge is 0.190 e. The molecule has 0 amide bonds. The summed E-state index contributed by atoms with van der Waals surface area (Å²) >= 11 is 0. The number of nitrogens with one attached hydrogen (secondary N) is 1. The highest BCUT2D eigenvalue weighted by molar-refractivity contribution is 5.13. The monoisotopic (exact) mass is 529 g/mol. The van der Waals surface area contributed by atoms with Crippen LogP contribution >= 0.6 is 0 Å². The van der Waals surface area contributed by atoms with Crippen LogP contribution < -0.4 is 5.32 Å². The Hall–Kier alpha value is -1.24. The molecular formula is C33H55NO4. The van der Waals surface area contributed by atoms with Gasteiger partial charge in [-0.15, -0.1) is 0 Å². The van der Waals surface area contributed by atoms with Gasteiger partial charge in [-0.1, -0.05) is 107 Å². The van der Waals surface area contributed by atoms with Crippen molar-refractivity contribution in [1.82, 2.24) is 5.32 Å². The lowest BCUT2D eigenvalue weighted by molar-refractivity contribution is -0.218. The number of rotatable bonds is 21. The molecule has 1 aromatic rings. The van der Waals surface area contributed by atoms with E-state index < -0.39 is 5.79 Å². The molecule has 5 nitrogen and oxygen atoms in total. The van der Waals surface area contributed by atoms with Crippen molar-refractivity contribution in [2.45, 2.75) is 148 Å². The molecule has 4 atom stereocenters. The number of benzene rings is 1. The van der Waals surface area contributed by atoms with Crippen LogP contribution in [-0.4, -0.2) is 43.5 Å². The van der Waals surface area contributed by atoms with Crippen LogP contribution in [0.5, 0.6) is 0 Å². The average Bonchev–Trinajstić information content (AvgIpc) is 3.38. The molecule has 1 aromatic carbocycles. The second-order valence-electron chi connectivity index (χ2n) is 11.5. The zero-order chi connectivity index (χ0) is 26.9. The first-order valence-corrected chi connectivity index (χ1v) is 15.6. The zero-order valence-electron chi connectivity index (χ0n) is 24.5. The molecule has 2 aliphatic rings. The van der Waals surface area contributed by atoms with Crippen LogP contribution in [-0.2, 0) is 25.6 Å². The van der Waals surface area contributed by atoms with E-state index in [0.29, 0.717) is 6.61 Å². The average molecular weight is 530 g/mol. The molecule has 2 aliphatic heterocycles. The molecule has 0 aromatic heterocycles. The van der Waals surface area contributed by atoms with Gasteiger partial charge >= 0.3 is 0 Å². The van der Waals surface area contributed by atoms with Gasteiger partial charge in [0.25, 0.3) is 0 Å². The first-order valence-electron chi connectivity index (χ1n) is 15.6. The second kappa shape index (κ2) is 18.2. The van der Waals surface area contributed by atoms with Gasteiger partial charge < -0.3 is 24.3 Å². The van der Waals surface area contributed by atoms with E-state index in [1.807, 2.05) is 32.0 Å². The molecule has 2 fully saturated rings. The molecule has 0 spiro atoms. The minimum atomic E-state index is -0.633. The minimum Gasteiger partial charge on any atom is -0.368 e. The number of unbranched alkanes of at least 4 members (excludes halogenated alkanes) is 12. The largest absolute Gasteiger partial charge is 0.368 e. The lowest BCUT2D eigenvalue weighted by atomic mass is 10.1. The summed E-state index contributed by atoms with van der Waals surface area (Å²) in [6.07, 6.45) is 22.7. The summed E-state index contributed by atoms with van der Waals surface area (Å²) < 4.78 is 24.6. The van der Waals surface area contributed by atoms with Gasteiger partial charge in [-0.2, -0.15) is 0 Å². The standard InChI is InChI=1S/C33H55NO4/c1-4-5-6-7-8-9-10-11-12-13-14-15-16-17-18-22-25-34-26-29-30(35-27-28-23-20-19-21-24-28)31-32(36-29)38-33(2,3)37-31/h11-12,19-21,23-24,29-32,34H,4-10,13-18,22,25-27H2,1-3H3/b12-11-/t29-,30+,31-,32-/m1/s1. The second-order valence-corrected chi connectivity index (χ2v) is 11.5. The van der Waals surface area contributed by atoms with Crippen molar-refractivity contribution in [1.29, 1.82) is 0 Å². The molecule has 0 bridgehead atoms. The predicted octanol–water partition coefficient (Wildman–Crippen LogP) is 8.08. The maximum atomic E-state index is 6.32. The van der Waals surface area contributed by atoms with Gasteiger partial charge in [-0.25, -0.2) is 0 Å². The van der Waals surface area contributed by atoms with Crippen molar-refractivity contribution in [2.75, 3.05) is 13.1 Å². The van der Waals surface area contributed by atoms with Crippen LogP contribution in [0.15, 0.2) is 42.5 Å². The predicted molar refractivity (Wildman–Crippen MR) is 156 cm³/mol. The summed E-state index contributed by atoms with van der Waals surface area (Å²) in [4.78, 5) is 0. The zero-order valence-corrected chi connectivity index (χ0v) is 24.5. The van der Waals surface area contributed by atoms with E-state index in [4.69, 9.17) is 18.9 Å². The van der Waals surface area contributed by atoms with Crippen molar-refractivity contribution in [3.8, 4) is 0 Å². The van der Waals surface area contributed by atoms with E-state index >= 15 is 0 Å². The third-order valence-electron chi connectivity index (χ3n) is 7.58. The molecule has 38 heavy (non-hydrogen) atoms. The first-order chi connectivity index (χ1) is 18.6. The van der Waals surface area contributed by atoms with E-state index in [-0.39, 0.29) is 24.6 Å². The normalized spacial score (nSPS) is 24.4. The molecule has 3 rings (SSSR count). The van der Waals surface area contributed by atoms with E-state index in [1.165, 1.54) is 89.9 Å². The topological polar surface area (TPSA) is 49.0 Å². The molecule has 0 unspecified atom stereocenters. The highest BCUT2D eigenvalue weighted by Gasteiger charge is 2.55. The van der Waals surface area contributed by atoms with Gasteiger partial charge in [-0.05, 0) is 58.1 Å². The lowest BCUT2D eigenvalue weighted by Gasteiger charge is -2.26. The minimum absolute atomic E-state index is 0.0704. The fraction of sp³-hybridized carbons (Fsp3) is 0.758. The maximum Gasteiger partial charge on any atom is 0.190 e. The number of hydrogen-bond acceptors (Lipinski definition) is 5. The van der Waals surface area contributed by atoms with E-state index in [0.717, 1.165) is 18.7 Å². The summed E-state index contributed by atoms with van der Waals surface area (Å²) in [5, 5.41) is 3.59. The third kappa shape index (κ3) is 11.9. The molecule has 5 heteroatoms. The van der Waals surface area contributed by atoms with Gasteiger partial charge in [0.05, 0.1) is 6.61 Å². The van der Waals surface area contributed by atoms with Gasteiger partial charge in [0.1, 0.15) is 18.3 Å². The van der Waals surface area contributed by atoms with Crippen LogP contribution in [0.25, 0.3) is 0 Å². The molecular weight excluding hydrogens is 474 g/mol. The summed E-state index contributed by atoms with van der Waals surface area (Å²) in [5.41, 5.74) is 1.16. The Balaban J connectivity index is 1.19. The molecule has 1 N–H and O–H groups in total. The summed E-state index contributed by atoms with van der Waals surface area (Å²) in [7, 11) is 0. The fourth-order valence-electron chi connectivity index (χ4n) is 5.42. The fourth-order valence-corrected chi connectivity index (χ4v) is 5.42. The van der Waals surface area contributed by atoms with E-state index in [2.05, 4.69) is 36.5 Å². The Morgan fingerprint density at radius 3 is 2.13 bits per heavy atom. The number of allylic oxidation sites excluding steroid dienone is 2. The molecule has 2 saturated heterocycles. The SMILES string of the molecule is CCCCCCCC/C=C\CCCCCCCCNC[C@H]1O[C@@H]2OC(C)(C)O[C@@H]2[C@H]1OCc1ccccc1. The molecule has 2 heterocycles. The molecule has 0 saturated carbocycles. The van der Waals surface area contributed by atoms with E-state index in [1.54, 1.807) is 0 Å². The number of fused-ring (bicyclic) bond motifs is 1. The highest BCUT2D eigenvalue weighted by atomic mass is 16.8. The number of hydrogen-bond donors (Lipinski definition) is 1. The van der Waals surface area contributed by atoms with Crippen LogP contribution in [0.3, 0.4) is 0 Å². The van der Waals surface area contributed by atoms with Gasteiger partial charge in [0.2, 0.25) is 0 Å². The summed E-state index contributed by atoms with van der Waals surface area (Å²) in [5.74, 6) is -0.633. The van der Waals surface area contributed by atoms with Crippen molar-refractivity contribution >= 4 is 0 Å². The molecule has 0 aliphatic carbocycles. The highest BCUT2D eigenvalue weighted by Crippen LogP contribution is 2.38. The van der Waals surface area contributed by atoms with Gasteiger partial charge in [0, 0.05) is 6.54 Å². The third-order valence-corrected chi connectivity index (χ3v) is 7.58. The molecule has 216 valence electrons. The Bertz CT molecular complexity index is 753. The van der Waals surface area contributed by atoms with Crippen LogP contribution in [0.4, 0.5) is 0 Å². The number of ether oxygens (including phenoxy) is 4. The Labute approximate surface area is 233 Å². The Kier molecular flexibility index (Phi) is 15.0. The van der Waals surface area contributed by atoms with Crippen LogP contribution in [0, 0.1) is 0 Å². The van der Waals surface area contributed by atoms with Gasteiger partial charge in [-0.3, -0.25) is 0 Å². The lowest BCUT2D eigenvalue weighted by Crippen LogP contribution is -2.41.